The van der Waals surface area contributed by atoms with Crippen LogP contribution in [0.25, 0.3) is 0 Å². The number of aromatic nitrogens is 2. The minimum Gasteiger partial charge on any atom is -0.357 e. The summed E-state index contributed by atoms with van der Waals surface area (Å²) >= 11 is 2.96. The van der Waals surface area contributed by atoms with Crippen LogP contribution in [0, 0.1) is 0 Å². The molecule has 1 aliphatic heterocycles. The zero-order chi connectivity index (χ0) is 14.4. The molecule has 1 aliphatic rings. The van der Waals surface area contributed by atoms with Crippen molar-refractivity contribution < 1.29 is 4.79 Å². The summed E-state index contributed by atoms with van der Waals surface area (Å²) in [5, 5.41) is 11.9. The molecular formula is C13H20N4OS2. The Labute approximate surface area is 127 Å². The molecular weight excluding hydrogens is 292 g/mol. The molecule has 0 unspecified atom stereocenters. The van der Waals surface area contributed by atoms with Crippen molar-refractivity contribution >= 4 is 34.1 Å². The van der Waals surface area contributed by atoms with E-state index in [9.17, 15) is 4.79 Å². The van der Waals surface area contributed by atoms with Gasteiger partial charge in [0.1, 0.15) is 0 Å². The van der Waals surface area contributed by atoms with Crippen LogP contribution in [0.3, 0.4) is 0 Å². The Hall–Kier alpha value is -1.08. The molecule has 0 bridgehead atoms. The highest BCUT2D eigenvalue weighted by atomic mass is 32.2. The molecule has 1 atom stereocenters. The molecule has 2 rings (SSSR count). The average Bonchev–Trinajstić information content (AvgIpc) is 2.92. The van der Waals surface area contributed by atoms with Crippen molar-refractivity contribution in [2.24, 2.45) is 0 Å². The monoisotopic (exact) mass is 312 g/mol. The molecule has 0 aliphatic carbocycles. The van der Waals surface area contributed by atoms with Crippen LogP contribution >= 0.6 is 23.1 Å². The van der Waals surface area contributed by atoms with Crippen molar-refractivity contribution in [2.45, 2.75) is 35.8 Å². The fourth-order valence-electron chi connectivity index (χ4n) is 2.06. The number of nitrogens with one attached hydrogen (secondary N) is 1. The minimum atomic E-state index is -0.103. The molecule has 20 heavy (non-hydrogen) atoms. The number of likely N-dealkylation sites (tertiary alicyclic amines) is 1. The summed E-state index contributed by atoms with van der Waals surface area (Å²) in [6.07, 6.45) is 5.26. The van der Waals surface area contributed by atoms with Crippen LogP contribution in [0.1, 0.15) is 26.2 Å². The molecule has 1 aromatic heterocycles. The smallest absolute Gasteiger partial charge is 0.235 e. The first-order valence-corrected chi connectivity index (χ1v) is 8.54. The molecule has 1 N–H and O–H groups in total. The first-order chi connectivity index (χ1) is 9.70. The van der Waals surface area contributed by atoms with Crippen molar-refractivity contribution in [1.82, 2.24) is 15.1 Å². The van der Waals surface area contributed by atoms with Gasteiger partial charge in [-0.05, 0) is 26.2 Å². The lowest BCUT2D eigenvalue weighted by Gasteiger charge is -2.28. The summed E-state index contributed by atoms with van der Waals surface area (Å²) < 4.78 is 0.828. The second-order valence-corrected chi connectivity index (χ2v) is 7.25. The Bertz CT molecular complexity index is 457. The van der Waals surface area contributed by atoms with Crippen LogP contribution in [-0.4, -0.2) is 45.9 Å². The Morgan fingerprint density at radius 3 is 2.95 bits per heavy atom. The normalized spacial score (nSPS) is 16.8. The van der Waals surface area contributed by atoms with Gasteiger partial charge in [-0.2, -0.15) is 0 Å². The van der Waals surface area contributed by atoms with E-state index in [1.165, 1.54) is 29.5 Å². The average molecular weight is 312 g/mol. The van der Waals surface area contributed by atoms with Crippen molar-refractivity contribution in [1.29, 1.82) is 0 Å². The lowest BCUT2D eigenvalue weighted by Crippen LogP contribution is -2.40. The van der Waals surface area contributed by atoms with Gasteiger partial charge in [-0.25, -0.2) is 0 Å². The molecule has 1 saturated heterocycles. The van der Waals surface area contributed by atoms with E-state index >= 15 is 0 Å². The van der Waals surface area contributed by atoms with Crippen molar-refractivity contribution in [3.63, 3.8) is 0 Å². The molecule has 0 radical (unpaired) electrons. The van der Waals surface area contributed by atoms with Gasteiger partial charge in [0.15, 0.2) is 4.34 Å². The Morgan fingerprint density at radius 1 is 1.50 bits per heavy atom. The van der Waals surface area contributed by atoms with Gasteiger partial charge in [0.2, 0.25) is 11.0 Å². The van der Waals surface area contributed by atoms with Gasteiger partial charge in [0.25, 0.3) is 0 Å². The summed E-state index contributed by atoms with van der Waals surface area (Å²) in [6, 6.07) is 0. The van der Waals surface area contributed by atoms with Crippen LogP contribution in [0.15, 0.2) is 17.0 Å². The first kappa shape index (κ1) is 15.3. The van der Waals surface area contributed by atoms with E-state index in [1.54, 1.807) is 6.08 Å². The lowest BCUT2D eigenvalue weighted by molar-refractivity contribution is -0.131. The highest BCUT2D eigenvalue weighted by Gasteiger charge is 2.24. The summed E-state index contributed by atoms with van der Waals surface area (Å²) in [5.41, 5.74) is 0. The highest BCUT2D eigenvalue weighted by molar-refractivity contribution is 8.02. The molecule has 0 saturated carbocycles. The molecule has 5 nitrogen and oxygen atoms in total. The molecule has 0 spiro atoms. The Kier molecular flexibility index (Phi) is 5.85. The SMILES string of the molecule is C=CCNc1nnc(S[C@H](C)C(=O)N2CCCCC2)s1. The van der Waals surface area contributed by atoms with E-state index in [0.29, 0.717) is 6.54 Å². The molecule has 2 heterocycles. The van der Waals surface area contributed by atoms with Crippen LogP contribution in [0.4, 0.5) is 5.13 Å². The van der Waals surface area contributed by atoms with Crippen LogP contribution in [-0.2, 0) is 4.79 Å². The van der Waals surface area contributed by atoms with Crippen LogP contribution in [0.5, 0.6) is 0 Å². The quantitative estimate of drug-likeness (QED) is 0.646. The van der Waals surface area contributed by atoms with Gasteiger partial charge in [-0.1, -0.05) is 29.2 Å². The first-order valence-electron chi connectivity index (χ1n) is 6.84. The number of amides is 1. The van der Waals surface area contributed by atoms with E-state index in [2.05, 4.69) is 22.1 Å². The minimum absolute atomic E-state index is 0.103. The van der Waals surface area contributed by atoms with E-state index in [1.807, 2.05) is 11.8 Å². The van der Waals surface area contributed by atoms with E-state index in [-0.39, 0.29) is 11.2 Å². The predicted molar refractivity (Wildman–Crippen MR) is 84.3 cm³/mol. The van der Waals surface area contributed by atoms with Crippen LogP contribution < -0.4 is 5.32 Å². The number of rotatable bonds is 6. The van der Waals surface area contributed by atoms with Gasteiger partial charge < -0.3 is 10.2 Å². The number of carbonyl (C=O) groups excluding carboxylic acids is 1. The van der Waals surface area contributed by atoms with Gasteiger partial charge in [-0.15, -0.1) is 16.8 Å². The van der Waals surface area contributed by atoms with Crippen molar-refractivity contribution in [3.8, 4) is 0 Å². The number of thioether (sulfide) groups is 1. The maximum Gasteiger partial charge on any atom is 0.235 e. The van der Waals surface area contributed by atoms with E-state index in [0.717, 1.165) is 35.4 Å². The molecule has 1 fully saturated rings. The molecule has 1 amide bonds. The summed E-state index contributed by atoms with van der Waals surface area (Å²) in [6.45, 7) is 8.05. The fourth-order valence-corrected chi connectivity index (χ4v) is 4.05. The molecule has 1 aromatic rings. The zero-order valence-electron chi connectivity index (χ0n) is 11.7. The summed E-state index contributed by atoms with van der Waals surface area (Å²) in [7, 11) is 0. The number of piperidine rings is 1. The second kappa shape index (κ2) is 7.64. The molecule has 0 aromatic carbocycles. The second-order valence-electron chi connectivity index (χ2n) is 4.69. The third-order valence-corrected chi connectivity index (χ3v) is 5.15. The van der Waals surface area contributed by atoms with Crippen LogP contribution in [0.2, 0.25) is 0 Å². The molecule has 110 valence electrons. The maximum atomic E-state index is 12.3. The Morgan fingerprint density at radius 2 is 2.25 bits per heavy atom. The third-order valence-electron chi connectivity index (χ3n) is 3.10. The van der Waals surface area contributed by atoms with E-state index < -0.39 is 0 Å². The van der Waals surface area contributed by atoms with Gasteiger partial charge >= 0.3 is 0 Å². The fraction of sp³-hybridized carbons (Fsp3) is 0.615. The highest BCUT2D eigenvalue weighted by Crippen LogP contribution is 2.30. The topological polar surface area (TPSA) is 58.1 Å². The van der Waals surface area contributed by atoms with Crippen molar-refractivity contribution in [3.05, 3.63) is 12.7 Å². The van der Waals surface area contributed by atoms with E-state index in [4.69, 9.17) is 0 Å². The van der Waals surface area contributed by atoms with Gasteiger partial charge in [0, 0.05) is 19.6 Å². The summed E-state index contributed by atoms with van der Waals surface area (Å²) in [4.78, 5) is 14.3. The maximum absolute atomic E-state index is 12.3. The number of nitrogens with zero attached hydrogens (tertiary/aromatic N) is 3. The predicted octanol–water partition coefficient (Wildman–Crippen LogP) is 2.63. The zero-order valence-corrected chi connectivity index (χ0v) is 13.3. The number of anilines is 1. The number of carbonyl (C=O) groups is 1. The standard InChI is InChI=1S/C13H20N4OS2/c1-3-7-14-12-15-16-13(20-12)19-10(2)11(18)17-8-5-4-6-9-17/h3,10H,1,4-9H2,2H3,(H,14,15)/t10-/m1/s1. The van der Waals surface area contributed by atoms with Gasteiger partial charge in [-0.3, -0.25) is 4.79 Å². The Balaban J connectivity index is 1.86. The third kappa shape index (κ3) is 4.21. The largest absolute Gasteiger partial charge is 0.357 e. The van der Waals surface area contributed by atoms with Gasteiger partial charge in [0.05, 0.1) is 5.25 Å². The lowest BCUT2D eigenvalue weighted by atomic mass is 10.1. The summed E-state index contributed by atoms with van der Waals surface area (Å²) in [5.74, 6) is 0.213. The number of hydrogen-bond donors (Lipinski definition) is 1. The molecule has 7 heteroatoms. The van der Waals surface area contributed by atoms with Crippen molar-refractivity contribution in [2.75, 3.05) is 25.0 Å². The number of hydrogen-bond acceptors (Lipinski definition) is 6.